The van der Waals surface area contributed by atoms with Gasteiger partial charge in [-0.3, -0.25) is 4.79 Å². The number of hydrogen-bond donors (Lipinski definition) is 2. The number of benzene rings is 1. The third-order valence-electron chi connectivity index (χ3n) is 2.78. The summed E-state index contributed by atoms with van der Waals surface area (Å²) in [4.78, 5) is 11.8. The van der Waals surface area contributed by atoms with Crippen LogP contribution in [0.1, 0.15) is 11.6 Å². The molecule has 0 aliphatic carbocycles. The van der Waals surface area contributed by atoms with E-state index < -0.39 is 6.04 Å². The molecule has 0 spiro atoms. The molecule has 0 bridgehead atoms. The van der Waals surface area contributed by atoms with E-state index in [0.717, 1.165) is 12.1 Å². The summed E-state index contributed by atoms with van der Waals surface area (Å²) in [6.45, 7) is 1.33. The Bertz CT molecular complexity index is 479. The lowest BCUT2D eigenvalue weighted by atomic mass is 10.1. The molecule has 2 aromatic rings. The first-order valence-corrected chi connectivity index (χ1v) is 5.96. The summed E-state index contributed by atoms with van der Waals surface area (Å²) in [5, 5.41) is 2.83. The molecule has 0 fully saturated rings. The van der Waals surface area contributed by atoms with Crippen LogP contribution in [0.25, 0.3) is 0 Å². The molecule has 1 aromatic carbocycles. The van der Waals surface area contributed by atoms with Crippen molar-refractivity contribution in [2.45, 2.75) is 12.6 Å². The number of carbonyl (C=O) groups excluding carboxylic acids is 1. The van der Waals surface area contributed by atoms with Gasteiger partial charge in [0.15, 0.2) is 0 Å². The Morgan fingerprint density at radius 3 is 2.50 bits per heavy atom. The van der Waals surface area contributed by atoms with E-state index >= 15 is 0 Å². The zero-order chi connectivity index (χ0) is 12.8. The Hall–Kier alpha value is -2.07. The van der Waals surface area contributed by atoms with Gasteiger partial charge < -0.3 is 15.6 Å². The van der Waals surface area contributed by atoms with Crippen molar-refractivity contribution >= 4 is 5.91 Å². The molecule has 94 valence electrons. The molecule has 18 heavy (non-hydrogen) atoms. The second-order valence-electron chi connectivity index (χ2n) is 4.10. The predicted octanol–water partition coefficient (Wildman–Crippen LogP) is 1.30. The summed E-state index contributed by atoms with van der Waals surface area (Å²) < 4.78 is 2.01. The molecule has 0 aliphatic heterocycles. The Balaban J connectivity index is 1.81. The van der Waals surface area contributed by atoms with Crippen LogP contribution in [0, 0.1) is 0 Å². The van der Waals surface area contributed by atoms with Gasteiger partial charge in [0.2, 0.25) is 5.91 Å². The van der Waals surface area contributed by atoms with Gasteiger partial charge >= 0.3 is 0 Å². The first-order valence-electron chi connectivity index (χ1n) is 5.96. The van der Waals surface area contributed by atoms with Crippen LogP contribution in [0.3, 0.4) is 0 Å². The highest BCUT2D eigenvalue weighted by molar-refractivity contribution is 5.82. The fourth-order valence-corrected chi connectivity index (χ4v) is 1.75. The average molecular weight is 243 g/mol. The summed E-state index contributed by atoms with van der Waals surface area (Å²) in [7, 11) is 0. The number of aromatic nitrogens is 1. The minimum Gasteiger partial charge on any atom is -0.353 e. The standard InChI is InChI=1S/C14H17N3O/c15-13(12-6-2-1-3-7-12)14(18)16-8-11-17-9-4-5-10-17/h1-7,9-10,13H,8,11,15H2,(H,16,18). The molecule has 0 radical (unpaired) electrons. The molecule has 0 saturated carbocycles. The molecule has 1 aromatic heterocycles. The Kier molecular flexibility index (Phi) is 4.15. The van der Waals surface area contributed by atoms with Crippen LogP contribution >= 0.6 is 0 Å². The van der Waals surface area contributed by atoms with Crippen molar-refractivity contribution in [1.82, 2.24) is 9.88 Å². The average Bonchev–Trinajstić information content (AvgIpc) is 2.92. The summed E-state index contributed by atoms with van der Waals surface area (Å²) >= 11 is 0. The smallest absolute Gasteiger partial charge is 0.241 e. The first kappa shape index (κ1) is 12.4. The Morgan fingerprint density at radius 2 is 1.83 bits per heavy atom. The van der Waals surface area contributed by atoms with E-state index in [1.54, 1.807) is 0 Å². The zero-order valence-electron chi connectivity index (χ0n) is 10.1. The van der Waals surface area contributed by atoms with E-state index in [2.05, 4.69) is 5.32 Å². The maximum atomic E-state index is 11.8. The summed E-state index contributed by atoms with van der Waals surface area (Å²) in [6, 6.07) is 12.7. The quantitative estimate of drug-likeness (QED) is 0.831. The SMILES string of the molecule is NC(C(=O)NCCn1cccc1)c1ccccc1. The molecule has 4 nitrogen and oxygen atoms in total. The van der Waals surface area contributed by atoms with E-state index in [1.807, 2.05) is 59.4 Å². The third kappa shape index (κ3) is 3.21. The largest absolute Gasteiger partial charge is 0.353 e. The van der Waals surface area contributed by atoms with Crippen LogP contribution in [0.2, 0.25) is 0 Å². The minimum atomic E-state index is -0.601. The van der Waals surface area contributed by atoms with Gasteiger partial charge in [-0.15, -0.1) is 0 Å². The molecule has 2 rings (SSSR count). The van der Waals surface area contributed by atoms with Crippen LogP contribution in [0.4, 0.5) is 0 Å². The fraction of sp³-hybridized carbons (Fsp3) is 0.214. The van der Waals surface area contributed by atoms with Crippen LogP contribution in [0.15, 0.2) is 54.9 Å². The van der Waals surface area contributed by atoms with Gasteiger partial charge in [-0.05, 0) is 17.7 Å². The number of carbonyl (C=O) groups is 1. The number of rotatable bonds is 5. The van der Waals surface area contributed by atoms with Gasteiger partial charge in [-0.25, -0.2) is 0 Å². The van der Waals surface area contributed by atoms with Gasteiger partial charge in [-0.1, -0.05) is 30.3 Å². The highest BCUT2D eigenvalue weighted by Crippen LogP contribution is 2.08. The van der Waals surface area contributed by atoms with Crippen LogP contribution in [0.5, 0.6) is 0 Å². The van der Waals surface area contributed by atoms with E-state index in [-0.39, 0.29) is 5.91 Å². The molecular weight excluding hydrogens is 226 g/mol. The number of hydrogen-bond acceptors (Lipinski definition) is 2. The van der Waals surface area contributed by atoms with Crippen LogP contribution in [-0.4, -0.2) is 17.0 Å². The molecule has 4 heteroatoms. The van der Waals surface area contributed by atoms with Crippen molar-refractivity contribution in [3.8, 4) is 0 Å². The van der Waals surface area contributed by atoms with Crippen molar-refractivity contribution in [3.63, 3.8) is 0 Å². The second-order valence-corrected chi connectivity index (χ2v) is 4.10. The van der Waals surface area contributed by atoms with Crippen LogP contribution in [-0.2, 0) is 11.3 Å². The molecule has 1 unspecified atom stereocenters. The van der Waals surface area contributed by atoms with Gasteiger partial charge in [0, 0.05) is 25.5 Å². The Morgan fingerprint density at radius 1 is 1.17 bits per heavy atom. The Labute approximate surface area is 106 Å². The molecule has 0 saturated heterocycles. The molecule has 1 atom stereocenters. The lowest BCUT2D eigenvalue weighted by Gasteiger charge is -2.12. The topological polar surface area (TPSA) is 60.1 Å². The number of nitrogens with two attached hydrogens (primary N) is 1. The number of amides is 1. The second kappa shape index (κ2) is 6.02. The van der Waals surface area contributed by atoms with Gasteiger partial charge in [-0.2, -0.15) is 0 Å². The molecule has 1 amide bonds. The monoisotopic (exact) mass is 243 g/mol. The van der Waals surface area contributed by atoms with Crippen LogP contribution < -0.4 is 11.1 Å². The fourth-order valence-electron chi connectivity index (χ4n) is 1.75. The normalized spacial score (nSPS) is 12.1. The predicted molar refractivity (Wildman–Crippen MR) is 70.8 cm³/mol. The van der Waals surface area contributed by atoms with Crippen molar-refractivity contribution in [1.29, 1.82) is 0 Å². The van der Waals surface area contributed by atoms with Crippen molar-refractivity contribution in [3.05, 3.63) is 60.4 Å². The van der Waals surface area contributed by atoms with Crippen molar-refractivity contribution in [2.75, 3.05) is 6.54 Å². The summed E-state index contributed by atoms with van der Waals surface area (Å²) in [5.74, 6) is -0.145. The van der Waals surface area contributed by atoms with Gasteiger partial charge in [0.25, 0.3) is 0 Å². The lowest BCUT2D eigenvalue weighted by Crippen LogP contribution is -2.35. The highest BCUT2D eigenvalue weighted by Gasteiger charge is 2.14. The lowest BCUT2D eigenvalue weighted by molar-refractivity contribution is -0.122. The summed E-state index contributed by atoms with van der Waals surface area (Å²) in [5.41, 5.74) is 6.71. The maximum Gasteiger partial charge on any atom is 0.241 e. The maximum absolute atomic E-state index is 11.8. The minimum absolute atomic E-state index is 0.145. The molecule has 1 heterocycles. The number of nitrogens with zero attached hydrogens (tertiary/aromatic N) is 1. The van der Waals surface area contributed by atoms with Crippen molar-refractivity contribution in [2.24, 2.45) is 5.73 Å². The summed E-state index contributed by atoms with van der Waals surface area (Å²) in [6.07, 6.45) is 3.92. The molecule has 3 N–H and O–H groups in total. The van der Waals surface area contributed by atoms with E-state index in [1.165, 1.54) is 0 Å². The highest BCUT2D eigenvalue weighted by atomic mass is 16.2. The van der Waals surface area contributed by atoms with E-state index in [4.69, 9.17) is 5.73 Å². The zero-order valence-corrected chi connectivity index (χ0v) is 10.1. The first-order chi connectivity index (χ1) is 8.77. The molecular formula is C14H17N3O. The van der Waals surface area contributed by atoms with E-state index in [0.29, 0.717) is 6.54 Å². The van der Waals surface area contributed by atoms with Gasteiger partial charge in [0.1, 0.15) is 6.04 Å². The van der Waals surface area contributed by atoms with Gasteiger partial charge in [0.05, 0.1) is 0 Å². The van der Waals surface area contributed by atoms with Crippen molar-refractivity contribution < 1.29 is 4.79 Å². The molecule has 0 aliphatic rings. The van der Waals surface area contributed by atoms with E-state index in [9.17, 15) is 4.79 Å². The third-order valence-corrected chi connectivity index (χ3v) is 2.78. The number of nitrogens with one attached hydrogen (secondary N) is 1.